The van der Waals surface area contributed by atoms with Crippen molar-refractivity contribution < 1.29 is 9.90 Å². The Bertz CT molecular complexity index is 484. The summed E-state index contributed by atoms with van der Waals surface area (Å²) in [6.45, 7) is 2.02. The molecule has 1 aromatic carbocycles. The van der Waals surface area contributed by atoms with Crippen LogP contribution in [0.15, 0.2) is 54.9 Å². The van der Waals surface area contributed by atoms with Crippen LogP contribution in [0.3, 0.4) is 0 Å². The molecule has 1 unspecified atom stereocenters. The van der Waals surface area contributed by atoms with E-state index in [2.05, 4.69) is 17.1 Å². The largest absolute Gasteiger partial charge is 0.478 e. The van der Waals surface area contributed by atoms with Gasteiger partial charge in [0.15, 0.2) is 0 Å². The van der Waals surface area contributed by atoms with Gasteiger partial charge in [-0.15, -0.1) is 0 Å². The molecule has 0 saturated heterocycles. The normalized spacial score (nSPS) is 11.1. The van der Waals surface area contributed by atoms with Gasteiger partial charge in [0.1, 0.15) is 0 Å². The van der Waals surface area contributed by atoms with Crippen LogP contribution in [-0.4, -0.2) is 22.1 Å². The minimum Gasteiger partial charge on any atom is -0.478 e. The Hall–Kier alpha value is -2.20. The number of pyridine rings is 1. The summed E-state index contributed by atoms with van der Waals surface area (Å²) in [6, 6.07) is 13.6. The zero-order chi connectivity index (χ0) is 14.1. The number of carboxylic acid groups (broad SMARTS) is 1. The summed E-state index contributed by atoms with van der Waals surface area (Å²) in [5.74, 6) is -0.942. The minimum absolute atomic E-state index is 0.220. The van der Waals surface area contributed by atoms with Gasteiger partial charge in [-0.3, -0.25) is 4.98 Å². The summed E-state index contributed by atoms with van der Waals surface area (Å²) in [5.41, 5.74) is 7.16. The highest BCUT2D eigenvalue weighted by atomic mass is 16.4. The van der Waals surface area contributed by atoms with Crippen molar-refractivity contribution in [3.8, 4) is 0 Å². The third-order valence-electron chi connectivity index (χ3n) is 2.31. The molecule has 0 saturated carbocycles. The van der Waals surface area contributed by atoms with Gasteiger partial charge in [-0.1, -0.05) is 30.3 Å². The summed E-state index contributed by atoms with van der Waals surface area (Å²) in [7, 11) is 0. The van der Waals surface area contributed by atoms with E-state index < -0.39 is 5.97 Å². The number of aromatic carboxylic acids is 1. The zero-order valence-corrected chi connectivity index (χ0v) is 10.9. The average Bonchev–Trinajstić information content (AvgIpc) is 2.41. The number of hydrogen-bond acceptors (Lipinski definition) is 3. The third-order valence-corrected chi connectivity index (χ3v) is 2.31. The molecule has 0 radical (unpaired) electrons. The minimum atomic E-state index is -0.942. The molecule has 4 heteroatoms. The fraction of sp³-hybridized carbons (Fsp3) is 0.200. The van der Waals surface area contributed by atoms with Crippen LogP contribution < -0.4 is 5.73 Å². The maximum atomic E-state index is 10.2. The monoisotopic (exact) mass is 258 g/mol. The Kier molecular flexibility index (Phi) is 6.26. The third kappa shape index (κ3) is 6.33. The van der Waals surface area contributed by atoms with Crippen molar-refractivity contribution in [1.29, 1.82) is 0 Å². The van der Waals surface area contributed by atoms with Gasteiger partial charge >= 0.3 is 5.97 Å². The summed E-state index contributed by atoms with van der Waals surface area (Å²) >= 11 is 0. The Morgan fingerprint density at radius 1 is 1.26 bits per heavy atom. The second-order valence-electron chi connectivity index (χ2n) is 4.21. The average molecular weight is 258 g/mol. The van der Waals surface area contributed by atoms with Gasteiger partial charge in [0.2, 0.25) is 0 Å². The molecule has 0 fully saturated rings. The quantitative estimate of drug-likeness (QED) is 0.886. The summed E-state index contributed by atoms with van der Waals surface area (Å²) in [4.78, 5) is 13.8. The van der Waals surface area contributed by atoms with Crippen molar-refractivity contribution in [1.82, 2.24) is 4.98 Å². The van der Waals surface area contributed by atoms with E-state index in [1.54, 1.807) is 6.07 Å². The first-order valence-electron chi connectivity index (χ1n) is 6.02. The van der Waals surface area contributed by atoms with E-state index in [9.17, 15) is 4.79 Å². The lowest BCUT2D eigenvalue weighted by molar-refractivity contribution is 0.0696. The van der Waals surface area contributed by atoms with E-state index in [1.807, 2.05) is 25.1 Å². The lowest BCUT2D eigenvalue weighted by Gasteiger charge is -2.02. The number of rotatable bonds is 3. The van der Waals surface area contributed by atoms with E-state index >= 15 is 0 Å². The number of nitrogens with zero attached hydrogens (tertiary/aromatic N) is 1. The Morgan fingerprint density at radius 3 is 2.37 bits per heavy atom. The van der Waals surface area contributed by atoms with Crippen LogP contribution in [-0.2, 0) is 6.42 Å². The van der Waals surface area contributed by atoms with E-state index in [0.29, 0.717) is 0 Å². The van der Waals surface area contributed by atoms with Crippen molar-refractivity contribution >= 4 is 5.97 Å². The lowest BCUT2D eigenvalue weighted by Crippen LogP contribution is -2.17. The van der Waals surface area contributed by atoms with E-state index in [-0.39, 0.29) is 11.6 Å². The van der Waals surface area contributed by atoms with Gasteiger partial charge in [-0.25, -0.2) is 4.79 Å². The smallest absolute Gasteiger partial charge is 0.337 e. The van der Waals surface area contributed by atoms with Gasteiger partial charge in [0.25, 0.3) is 0 Å². The SMILES string of the molecule is CC(N)Cc1ccccc1.O=C(O)c1cccnc1. The Labute approximate surface area is 112 Å². The van der Waals surface area contributed by atoms with Crippen LogP contribution in [0.1, 0.15) is 22.8 Å². The van der Waals surface area contributed by atoms with Crippen LogP contribution in [0.25, 0.3) is 0 Å². The molecule has 0 bridgehead atoms. The maximum absolute atomic E-state index is 10.2. The van der Waals surface area contributed by atoms with Crippen LogP contribution in [0.2, 0.25) is 0 Å². The van der Waals surface area contributed by atoms with Gasteiger partial charge in [0.05, 0.1) is 5.56 Å². The number of nitrogens with two attached hydrogens (primary N) is 1. The fourth-order valence-corrected chi connectivity index (χ4v) is 1.48. The predicted molar refractivity (Wildman–Crippen MR) is 75.0 cm³/mol. The summed E-state index contributed by atoms with van der Waals surface area (Å²) in [6.07, 6.45) is 3.82. The highest BCUT2D eigenvalue weighted by Crippen LogP contribution is 2.00. The molecule has 1 aromatic heterocycles. The van der Waals surface area contributed by atoms with Crippen LogP contribution in [0.5, 0.6) is 0 Å². The standard InChI is InChI=1S/C9H13N.C6H5NO2/c1-8(10)7-9-5-3-2-4-6-9;8-6(9)5-2-1-3-7-4-5/h2-6,8H,7,10H2,1H3;1-4H,(H,8,9). The number of hydrogen-bond donors (Lipinski definition) is 2. The topological polar surface area (TPSA) is 76.2 Å². The molecule has 2 aromatic rings. The number of carboxylic acids is 1. The van der Waals surface area contributed by atoms with Crippen LogP contribution >= 0.6 is 0 Å². The first-order chi connectivity index (χ1) is 9.09. The van der Waals surface area contributed by atoms with Gasteiger partial charge in [-0.05, 0) is 31.0 Å². The molecule has 0 aliphatic carbocycles. The highest BCUT2D eigenvalue weighted by molar-refractivity contribution is 5.86. The summed E-state index contributed by atoms with van der Waals surface area (Å²) in [5, 5.41) is 8.34. The number of benzene rings is 1. The fourth-order valence-electron chi connectivity index (χ4n) is 1.48. The molecule has 1 atom stereocenters. The van der Waals surface area contributed by atoms with Crippen LogP contribution in [0, 0.1) is 0 Å². The number of aromatic nitrogens is 1. The highest BCUT2D eigenvalue weighted by Gasteiger charge is 1.97. The van der Waals surface area contributed by atoms with Gasteiger partial charge < -0.3 is 10.8 Å². The zero-order valence-electron chi connectivity index (χ0n) is 10.9. The molecule has 0 amide bonds. The second-order valence-corrected chi connectivity index (χ2v) is 4.21. The first kappa shape index (κ1) is 14.9. The molecule has 0 spiro atoms. The molecule has 2 rings (SSSR count). The van der Waals surface area contributed by atoms with Gasteiger partial charge in [-0.2, -0.15) is 0 Å². The van der Waals surface area contributed by atoms with Crippen molar-refractivity contribution in [2.24, 2.45) is 5.73 Å². The maximum Gasteiger partial charge on any atom is 0.337 e. The van der Waals surface area contributed by atoms with Crippen LogP contribution in [0.4, 0.5) is 0 Å². The summed E-state index contributed by atoms with van der Waals surface area (Å²) < 4.78 is 0. The van der Waals surface area contributed by atoms with Gasteiger partial charge in [0, 0.05) is 18.4 Å². The Morgan fingerprint density at radius 2 is 1.95 bits per heavy atom. The molecule has 100 valence electrons. The second kappa shape index (κ2) is 8.00. The molecular formula is C15H18N2O2. The van der Waals surface area contributed by atoms with E-state index in [0.717, 1.165) is 6.42 Å². The predicted octanol–water partition coefficient (Wildman–Crippen LogP) is 2.36. The molecule has 4 nitrogen and oxygen atoms in total. The molecule has 0 aliphatic rings. The van der Waals surface area contributed by atoms with Crippen molar-refractivity contribution in [2.75, 3.05) is 0 Å². The van der Waals surface area contributed by atoms with E-state index in [1.165, 1.54) is 24.0 Å². The molecule has 3 N–H and O–H groups in total. The molecule has 0 aliphatic heterocycles. The first-order valence-corrected chi connectivity index (χ1v) is 6.02. The molecular weight excluding hydrogens is 240 g/mol. The van der Waals surface area contributed by atoms with E-state index in [4.69, 9.17) is 10.8 Å². The van der Waals surface area contributed by atoms with Crippen molar-refractivity contribution in [3.63, 3.8) is 0 Å². The molecule has 1 heterocycles. The lowest BCUT2D eigenvalue weighted by atomic mass is 10.1. The molecule has 19 heavy (non-hydrogen) atoms. The number of carbonyl (C=O) groups is 1. The Balaban J connectivity index is 0.000000191. The van der Waals surface area contributed by atoms with Crippen molar-refractivity contribution in [3.05, 3.63) is 66.0 Å². The van der Waals surface area contributed by atoms with Crippen molar-refractivity contribution in [2.45, 2.75) is 19.4 Å².